The van der Waals surface area contributed by atoms with Crippen molar-refractivity contribution >= 4 is 23.5 Å². The van der Waals surface area contributed by atoms with Crippen LogP contribution in [0.1, 0.15) is 18.1 Å². The van der Waals surface area contributed by atoms with Crippen molar-refractivity contribution < 1.29 is 19.1 Å². The first kappa shape index (κ1) is 20.8. The van der Waals surface area contributed by atoms with Gasteiger partial charge in [0.15, 0.2) is 6.61 Å². The Morgan fingerprint density at radius 1 is 0.964 bits per heavy atom. The lowest BCUT2D eigenvalue weighted by atomic mass is 10.1. The number of hydrazine groups is 1. The molecular formula is C20H24N4O4. The molecule has 0 heterocycles. The van der Waals surface area contributed by atoms with E-state index in [2.05, 4.69) is 21.5 Å². The van der Waals surface area contributed by atoms with Crippen LogP contribution in [0.25, 0.3) is 0 Å². The Morgan fingerprint density at radius 2 is 1.68 bits per heavy atom. The minimum Gasteiger partial charge on any atom is -0.484 e. The molecule has 0 aliphatic carbocycles. The van der Waals surface area contributed by atoms with Crippen molar-refractivity contribution in [1.82, 2.24) is 16.2 Å². The van der Waals surface area contributed by atoms with Crippen LogP contribution in [-0.4, -0.2) is 30.5 Å². The van der Waals surface area contributed by atoms with E-state index in [1.165, 1.54) is 6.92 Å². The first-order valence-corrected chi connectivity index (χ1v) is 8.76. The van der Waals surface area contributed by atoms with Gasteiger partial charge < -0.3 is 15.4 Å². The molecule has 0 spiro atoms. The maximum Gasteiger partial charge on any atom is 0.319 e. The first-order valence-electron chi connectivity index (χ1n) is 8.76. The van der Waals surface area contributed by atoms with Crippen LogP contribution in [0.15, 0.2) is 48.5 Å². The summed E-state index contributed by atoms with van der Waals surface area (Å²) in [5.41, 5.74) is 7.28. The first-order chi connectivity index (χ1) is 13.3. The minimum atomic E-state index is -0.857. The molecule has 0 radical (unpaired) electrons. The Kier molecular flexibility index (Phi) is 7.38. The van der Waals surface area contributed by atoms with Gasteiger partial charge in [-0.15, -0.1) is 0 Å². The predicted octanol–water partition coefficient (Wildman–Crippen LogP) is 2.04. The van der Waals surface area contributed by atoms with Gasteiger partial charge in [0.05, 0.1) is 0 Å². The van der Waals surface area contributed by atoms with Gasteiger partial charge in [0.1, 0.15) is 11.8 Å². The molecule has 148 valence electrons. The highest BCUT2D eigenvalue weighted by Gasteiger charge is 2.16. The third-order valence-electron chi connectivity index (χ3n) is 3.95. The largest absolute Gasteiger partial charge is 0.484 e. The van der Waals surface area contributed by atoms with E-state index in [-0.39, 0.29) is 6.61 Å². The summed E-state index contributed by atoms with van der Waals surface area (Å²) in [5.74, 6) is -0.521. The van der Waals surface area contributed by atoms with Gasteiger partial charge in [-0.2, -0.15) is 0 Å². The van der Waals surface area contributed by atoms with Crippen molar-refractivity contribution in [2.45, 2.75) is 26.8 Å². The third-order valence-corrected chi connectivity index (χ3v) is 3.95. The molecule has 0 aliphatic heterocycles. The summed E-state index contributed by atoms with van der Waals surface area (Å²) in [5, 5.41) is 5.08. The molecule has 0 bridgehead atoms. The number of carbonyl (C=O) groups is 3. The zero-order chi connectivity index (χ0) is 20.5. The summed E-state index contributed by atoms with van der Waals surface area (Å²) in [4.78, 5) is 35.7. The average molecular weight is 384 g/mol. The van der Waals surface area contributed by atoms with E-state index >= 15 is 0 Å². The topological polar surface area (TPSA) is 109 Å². The van der Waals surface area contributed by atoms with Gasteiger partial charge in [0, 0.05) is 5.69 Å². The van der Waals surface area contributed by atoms with Crippen LogP contribution < -0.4 is 26.2 Å². The highest BCUT2D eigenvalue weighted by atomic mass is 16.5. The van der Waals surface area contributed by atoms with Crippen LogP contribution >= 0.6 is 0 Å². The third kappa shape index (κ3) is 6.64. The van der Waals surface area contributed by atoms with Gasteiger partial charge >= 0.3 is 6.03 Å². The van der Waals surface area contributed by atoms with E-state index in [0.29, 0.717) is 11.4 Å². The fourth-order valence-electron chi connectivity index (χ4n) is 2.18. The van der Waals surface area contributed by atoms with Crippen molar-refractivity contribution in [3.63, 3.8) is 0 Å². The fraction of sp³-hybridized carbons (Fsp3) is 0.250. The zero-order valence-electron chi connectivity index (χ0n) is 16.0. The van der Waals surface area contributed by atoms with Gasteiger partial charge in [-0.25, -0.2) is 4.79 Å². The van der Waals surface area contributed by atoms with Crippen LogP contribution in [-0.2, 0) is 9.59 Å². The number of aryl methyl sites for hydroxylation is 2. The van der Waals surface area contributed by atoms with Gasteiger partial charge in [-0.1, -0.05) is 24.3 Å². The quantitative estimate of drug-likeness (QED) is 0.572. The second-order valence-electron chi connectivity index (χ2n) is 6.26. The molecule has 8 heteroatoms. The summed E-state index contributed by atoms with van der Waals surface area (Å²) in [6.07, 6.45) is 0. The number of benzene rings is 2. The molecule has 2 aromatic rings. The number of ether oxygens (including phenoxy) is 1. The molecule has 2 aromatic carbocycles. The van der Waals surface area contributed by atoms with Crippen LogP contribution in [0.4, 0.5) is 10.5 Å². The second kappa shape index (κ2) is 9.96. The van der Waals surface area contributed by atoms with Crippen molar-refractivity contribution in [3.8, 4) is 5.75 Å². The summed E-state index contributed by atoms with van der Waals surface area (Å²) in [6.45, 7) is 5.18. The highest BCUT2D eigenvalue weighted by Crippen LogP contribution is 2.16. The number of hydrogen-bond donors (Lipinski definition) is 4. The maximum absolute atomic E-state index is 12.0. The number of para-hydroxylation sites is 1. The van der Waals surface area contributed by atoms with Crippen molar-refractivity contribution in [3.05, 3.63) is 59.7 Å². The van der Waals surface area contributed by atoms with Gasteiger partial charge in [-0.3, -0.25) is 20.4 Å². The molecule has 0 saturated heterocycles. The molecule has 28 heavy (non-hydrogen) atoms. The molecule has 4 amide bonds. The zero-order valence-corrected chi connectivity index (χ0v) is 16.0. The molecule has 2 rings (SSSR count). The normalized spacial score (nSPS) is 11.1. The number of nitrogens with one attached hydrogen (secondary N) is 4. The van der Waals surface area contributed by atoms with Crippen molar-refractivity contribution in [1.29, 1.82) is 0 Å². The van der Waals surface area contributed by atoms with E-state index in [1.54, 1.807) is 30.3 Å². The fourth-order valence-corrected chi connectivity index (χ4v) is 2.18. The molecular weight excluding hydrogens is 360 g/mol. The number of carbonyl (C=O) groups excluding carboxylic acids is 3. The lowest BCUT2D eigenvalue weighted by Crippen LogP contribution is -2.52. The summed E-state index contributed by atoms with van der Waals surface area (Å²) in [6, 6.07) is 12.9. The Hall–Kier alpha value is -3.55. The highest BCUT2D eigenvalue weighted by molar-refractivity contribution is 5.94. The molecule has 0 aromatic heterocycles. The van der Waals surface area contributed by atoms with Crippen LogP contribution in [0.5, 0.6) is 5.75 Å². The van der Waals surface area contributed by atoms with Gasteiger partial charge in [0.25, 0.3) is 11.8 Å². The molecule has 1 unspecified atom stereocenters. The van der Waals surface area contributed by atoms with Gasteiger partial charge in [0.2, 0.25) is 0 Å². The maximum atomic E-state index is 12.0. The van der Waals surface area contributed by atoms with E-state index in [4.69, 9.17) is 4.74 Å². The molecule has 0 aliphatic rings. The monoisotopic (exact) mass is 384 g/mol. The van der Waals surface area contributed by atoms with Crippen LogP contribution in [0, 0.1) is 13.8 Å². The number of amides is 4. The second-order valence-corrected chi connectivity index (χ2v) is 6.26. The molecule has 1 atom stereocenters. The lowest BCUT2D eigenvalue weighted by molar-refractivity contribution is -0.130. The summed E-state index contributed by atoms with van der Waals surface area (Å²) in [7, 11) is 0. The minimum absolute atomic E-state index is 0.251. The average Bonchev–Trinajstić information content (AvgIpc) is 2.67. The van der Waals surface area contributed by atoms with Gasteiger partial charge in [-0.05, 0) is 56.2 Å². The summed E-state index contributed by atoms with van der Waals surface area (Å²) < 4.78 is 5.38. The number of urea groups is 1. The smallest absolute Gasteiger partial charge is 0.319 e. The SMILES string of the molecule is Cc1ccc(OCC(=O)NNC(=O)C(C)NC(=O)Nc2ccccc2)cc1C. The summed E-state index contributed by atoms with van der Waals surface area (Å²) >= 11 is 0. The Bertz CT molecular complexity index is 839. The van der Waals surface area contributed by atoms with Crippen LogP contribution in [0.3, 0.4) is 0 Å². The lowest BCUT2D eigenvalue weighted by Gasteiger charge is -2.15. The Morgan fingerprint density at radius 3 is 2.36 bits per heavy atom. The van der Waals surface area contributed by atoms with Crippen LogP contribution in [0.2, 0.25) is 0 Å². The molecule has 0 saturated carbocycles. The molecule has 8 nitrogen and oxygen atoms in total. The number of hydrogen-bond acceptors (Lipinski definition) is 4. The predicted molar refractivity (Wildman–Crippen MR) is 106 cm³/mol. The van der Waals surface area contributed by atoms with Crippen molar-refractivity contribution in [2.75, 3.05) is 11.9 Å². The molecule has 0 fully saturated rings. The number of rotatable bonds is 6. The van der Waals surface area contributed by atoms with Crippen molar-refractivity contribution in [2.24, 2.45) is 0 Å². The van der Waals surface area contributed by atoms with E-state index in [9.17, 15) is 14.4 Å². The Balaban J connectivity index is 1.70. The standard InChI is InChI=1S/C20H24N4O4/c1-13-9-10-17(11-14(13)2)28-12-18(25)23-24-19(26)15(3)21-20(27)22-16-7-5-4-6-8-16/h4-11,15H,12H2,1-3H3,(H,23,25)(H,24,26)(H2,21,22,27). The van der Waals surface area contributed by atoms with E-state index in [1.807, 2.05) is 32.0 Å². The molecule has 4 N–H and O–H groups in total. The number of anilines is 1. The van der Waals surface area contributed by atoms with E-state index < -0.39 is 23.9 Å². The van der Waals surface area contributed by atoms with E-state index in [0.717, 1.165) is 11.1 Å². The Labute approximate surface area is 163 Å².